The van der Waals surface area contributed by atoms with Crippen LogP contribution in [0.5, 0.6) is 0 Å². The first-order valence-corrected chi connectivity index (χ1v) is 8.57. The summed E-state index contributed by atoms with van der Waals surface area (Å²) in [5.41, 5.74) is 5.46. The van der Waals surface area contributed by atoms with E-state index in [0.29, 0.717) is 16.7 Å². The molecule has 0 fully saturated rings. The smallest absolute Gasteiger partial charge is 0.355 e. The average molecular weight is 341 g/mol. The van der Waals surface area contributed by atoms with Crippen LogP contribution in [0, 0.1) is 13.8 Å². The molecule has 2 N–H and O–H groups in total. The van der Waals surface area contributed by atoms with Gasteiger partial charge >= 0.3 is 5.97 Å². The fourth-order valence-corrected chi connectivity index (χ4v) is 3.63. The molecule has 5 heteroatoms. The number of aromatic amines is 1. The highest BCUT2D eigenvalue weighted by Gasteiger charge is 2.22. The van der Waals surface area contributed by atoms with Crippen molar-refractivity contribution >= 4 is 11.8 Å². The van der Waals surface area contributed by atoms with Crippen molar-refractivity contribution < 1.29 is 19.4 Å². The molecular formula is C20H23NO4. The molecule has 3 rings (SSSR count). The molecule has 132 valence electrons. The first-order valence-electron chi connectivity index (χ1n) is 8.57. The molecule has 5 nitrogen and oxygen atoms in total. The number of aryl methyl sites for hydroxylation is 3. The van der Waals surface area contributed by atoms with E-state index in [4.69, 9.17) is 4.74 Å². The van der Waals surface area contributed by atoms with Crippen LogP contribution in [0.1, 0.15) is 68.2 Å². The van der Waals surface area contributed by atoms with Gasteiger partial charge in [0.25, 0.3) is 0 Å². The van der Waals surface area contributed by atoms with Crippen LogP contribution in [0.25, 0.3) is 0 Å². The summed E-state index contributed by atoms with van der Waals surface area (Å²) in [5, 5.41) is 9.80. The van der Waals surface area contributed by atoms with Gasteiger partial charge < -0.3 is 14.8 Å². The number of aromatic nitrogens is 1. The summed E-state index contributed by atoms with van der Waals surface area (Å²) >= 11 is 0. The average Bonchev–Trinajstić information content (AvgIpc) is 3.15. The van der Waals surface area contributed by atoms with Gasteiger partial charge in [-0.15, -0.1) is 0 Å². The number of benzene rings is 1. The van der Waals surface area contributed by atoms with Gasteiger partial charge in [0.05, 0.1) is 6.10 Å². The Morgan fingerprint density at radius 2 is 1.96 bits per heavy atom. The molecule has 0 spiro atoms. The number of Topliss-reactive ketones (excluding diaryl/α,β-unsaturated/α-hetero) is 1. The number of ether oxygens (including phenoxy) is 1. The first kappa shape index (κ1) is 17.4. The lowest BCUT2D eigenvalue weighted by Gasteiger charge is -2.07. The van der Waals surface area contributed by atoms with Crippen LogP contribution in [-0.2, 0) is 17.6 Å². The van der Waals surface area contributed by atoms with Crippen LogP contribution in [0.15, 0.2) is 18.2 Å². The zero-order valence-corrected chi connectivity index (χ0v) is 14.8. The van der Waals surface area contributed by atoms with Crippen molar-refractivity contribution in [2.75, 3.05) is 6.61 Å². The van der Waals surface area contributed by atoms with Gasteiger partial charge in [0.1, 0.15) is 5.69 Å². The van der Waals surface area contributed by atoms with Gasteiger partial charge in [-0.05, 0) is 62.8 Å². The van der Waals surface area contributed by atoms with E-state index in [0.717, 1.165) is 25.0 Å². The number of hydrogen-bond donors (Lipinski definition) is 2. The molecule has 1 aliphatic carbocycles. The van der Waals surface area contributed by atoms with Crippen molar-refractivity contribution in [2.24, 2.45) is 0 Å². The molecule has 25 heavy (non-hydrogen) atoms. The van der Waals surface area contributed by atoms with Gasteiger partial charge in [-0.25, -0.2) is 4.79 Å². The minimum atomic E-state index is -0.675. The minimum absolute atomic E-state index is 0.209. The lowest BCUT2D eigenvalue weighted by atomic mass is 10.0. The molecule has 0 amide bonds. The standard InChI is InChI=1S/C20H23NO4/c1-11-18(13(3)22)12(2)21-19(11)20(24)25-10-17(23)16-8-7-14-5-4-6-15(14)9-16/h7-9,13,21-22H,4-6,10H2,1-3H3/t13-/m1/s1. The van der Waals surface area contributed by atoms with E-state index < -0.39 is 12.1 Å². The molecule has 0 saturated heterocycles. The molecule has 0 unspecified atom stereocenters. The molecule has 1 aromatic carbocycles. The largest absolute Gasteiger partial charge is 0.453 e. The molecule has 1 aliphatic rings. The highest BCUT2D eigenvalue weighted by molar-refractivity contribution is 5.99. The fourth-order valence-electron chi connectivity index (χ4n) is 3.63. The summed E-state index contributed by atoms with van der Waals surface area (Å²) in [5.74, 6) is -0.790. The lowest BCUT2D eigenvalue weighted by Crippen LogP contribution is -2.15. The van der Waals surface area contributed by atoms with Crippen molar-refractivity contribution in [3.63, 3.8) is 0 Å². The Balaban J connectivity index is 1.68. The summed E-state index contributed by atoms with van der Waals surface area (Å²) in [6.45, 7) is 4.90. The van der Waals surface area contributed by atoms with Crippen molar-refractivity contribution in [1.29, 1.82) is 0 Å². The van der Waals surface area contributed by atoms with E-state index in [1.807, 2.05) is 12.1 Å². The molecule has 0 aliphatic heterocycles. The van der Waals surface area contributed by atoms with E-state index in [1.165, 1.54) is 11.1 Å². The van der Waals surface area contributed by atoms with E-state index in [1.54, 1.807) is 26.8 Å². The zero-order valence-electron chi connectivity index (χ0n) is 14.8. The third-order valence-corrected chi connectivity index (χ3v) is 4.87. The van der Waals surface area contributed by atoms with E-state index >= 15 is 0 Å². The Hall–Kier alpha value is -2.40. The number of carbonyl (C=O) groups excluding carboxylic acids is 2. The number of fused-ring (bicyclic) bond motifs is 1. The summed E-state index contributed by atoms with van der Waals surface area (Å²) in [6, 6.07) is 5.70. The van der Waals surface area contributed by atoms with Gasteiger partial charge in [0, 0.05) is 16.8 Å². The third-order valence-electron chi connectivity index (χ3n) is 4.87. The normalized spacial score (nSPS) is 14.2. The maximum absolute atomic E-state index is 12.3. The van der Waals surface area contributed by atoms with Crippen molar-refractivity contribution in [3.8, 4) is 0 Å². The molecule has 0 radical (unpaired) electrons. The van der Waals surface area contributed by atoms with Crippen LogP contribution in [0.4, 0.5) is 0 Å². The van der Waals surface area contributed by atoms with Gasteiger partial charge in [-0.2, -0.15) is 0 Å². The Labute approximate surface area is 147 Å². The number of nitrogens with one attached hydrogen (secondary N) is 1. The number of esters is 1. The molecule has 0 saturated carbocycles. The van der Waals surface area contributed by atoms with Crippen molar-refractivity contribution in [1.82, 2.24) is 4.98 Å². The van der Waals surface area contributed by atoms with Gasteiger partial charge in [0.2, 0.25) is 0 Å². The first-order chi connectivity index (χ1) is 11.9. The summed E-state index contributed by atoms with van der Waals surface area (Å²) in [7, 11) is 0. The predicted octanol–water partition coefficient (Wildman–Crippen LogP) is 3.21. The highest BCUT2D eigenvalue weighted by atomic mass is 16.5. The van der Waals surface area contributed by atoms with Crippen LogP contribution in [-0.4, -0.2) is 28.4 Å². The molecule has 0 bridgehead atoms. The molecule has 2 aromatic rings. The minimum Gasteiger partial charge on any atom is -0.453 e. The fraction of sp³-hybridized carbons (Fsp3) is 0.400. The Bertz CT molecular complexity index is 832. The number of carbonyl (C=O) groups is 2. The Morgan fingerprint density at radius 1 is 1.24 bits per heavy atom. The zero-order chi connectivity index (χ0) is 18.1. The molecular weight excluding hydrogens is 318 g/mol. The Kier molecular flexibility index (Phi) is 4.77. The number of hydrogen-bond acceptors (Lipinski definition) is 4. The maximum atomic E-state index is 12.3. The topological polar surface area (TPSA) is 79.4 Å². The number of aliphatic hydroxyl groups is 1. The van der Waals surface area contributed by atoms with Crippen molar-refractivity contribution in [2.45, 2.75) is 46.1 Å². The Morgan fingerprint density at radius 3 is 2.64 bits per heavy atom. The van der Waals surface area contributed by atoms with Crippen molar-refractivity contribution in [3.05, 3.63) is 57.4 Å². The number of aliphatic hydroxyl groups excluding tert-OH is 1. The quantitative estimate of drug-likeness (QED) is 0.646. The van der Waals surface area contributed by atoms with Gasteiger partial charge in [-0.1, -0.05) is 12.1 Å². The summed E-state index contributed by atoms with van der Waals surface area (Å²) in [6.07, 6.45) is 2.51. The monoisotopic (exact) mass is 341 g/mol. The molecule has 1 atom stereocenters. The number of rotatable bonds is 5. The third kappa shape index (κ3) is 3.37. The molecule has 1 aromatic heterocycles. The van der Waals surface area contributed by atoms with Gasteiger partial charge in [-0.3, -0.25) is 4.79 Å². The van der Waals surface area contributed by atoms with Crippen LogP contribution in [0.3, 0.4) is 0 Å². The van der Waals surface area contributed by atoms with Crippen LogP contribution < -0.4 is 0 Å². The lowest BCUT2D eigenvalue weighted by molar-refractivity contribution is 0.0468. The SMILES string of the molecule is Cc1[nH]c(C(=O)OCC(=O)c2ccc3c(c2)CCC3)c(C)c1[C@@H](C)O. The van der Waals surface area contributed by atoms with E-state index in [9.17, 15) is 14.7 Å². The van der Waals surface area contributed by atoms with E-state index in [2.05, 4.69) is 4.98 Å². The second kappa shape index (κ2) is 6.84. The summed E-state index contributed by atoms with van der Waals surface area (Å²) in [4.78, 5) is 27.6. The summed E-state index contributed by atoms with van der Waals surface area (Å²) < 4.78 is 5.19. The highest BCUT2D eigenvalue weighted by Crippen LogP contribution is 2.25. The second-order valence-corrected chi connectivity index (χ2v) is 6.68. The predicted molar refractivity (Wildman–Crippen MR) is 94.0 cm³/mol. The molecule has 1 heterocycles. The van der Waals surface area contributed by atoms with Crippen LogP contribution >= 0.6 is 0 Å². The van der Waals surface area contributed by atoms with Gasteiger partial charge in [0.15, 0.2) is 12.4 Å². The van der Waals surface area contributed by atoms with Crippen LogP contribution in [0.2, 0.25) is 0 Å². The number of ketones is 1. The number of H-pyrrole nitrogens is 1. The maximum Gasteiger partial charge on any atom is 0.355 e. The second-order valence-electron chi connectivity index (χ2n) is 6.68. The van der Waals surface area contributed by atoms with E-state index in [-0.39, 0.29) is 18.1 Å².